The Bertz CT molecular complexity index is 886. The summed E-state index contributed by atoms with van der Waals surface area (Å²) in [4.78, 5) is 6.95. The molecule has 2 nitrogen and oxygen atoms in total. The maximum atomic E-state index is 13.2. The van der Waals surface area contributed by atoms with Crippen molar-refractivity contribution in [3.63, 3.8) is 0 Å². The van der Waals surface area contributed by atoms with Gasteiger partial charge in [-0.05, 0) is 24.4 Å². The summed E-state index contributed by atoms with van der Waals surface area (Å²) in [5.41, 5.74) is 0.943. The Balaban J connectivity index is 2.20. The summed E-state index contributed by atoms with van der Waals surface area (Å²) in [7, 11) is 0. The molecule has 6 heteroatoms. The van der Waals surface area contributed by atoms with Crippen molar-refractivity contribution in [2.45, 2.75) is 6.18 Å². The van der Waals surface area contributed by atoms with Crippen molar-refractivity contribution in [2.24, 2.45) is 0 Å². The summed E-state index contributed by atoms with van der Waals surface area (Å²) in [6.45, 7) is 0. The lowest BCUT2D eigenvalue weighted by atomic mass is 10.0. The molecule has 0 aliphatic carbocycles. The lowest BCUT2D eigenvalue weighted by Gasteiger charge is -2.13. The first kappa shape index (κ1) is 15.4. The third kappa shape index (κ3) is 3.32. The van der Waals surface area contributed by atoms with Gasteiger partial charge in [-0.15, -0.1) is 0 Å². The fourth-order valence-electron chi connectivity index (χ4n) is 2.32. The minimum Gasteiger partial charge on any atom is -0.330 e. The Hall–Kier alpha value is -2.47. The number of H-pyrrole nitrogens is 1. The first-order valence-corrected chi connectivity index (χ1v) is 7.19. The highest BCUT2D eigenvalue weighted by molar-refractivity contribution is 7.71. The molecule has 23 heavy (non-hydrogen) atoms. The van der Waals surface area contributed by atoms with Crippen LogP contribution in [0.15, 0.2) is 60.7 Å². The largest absolute Gasteiger partial charge is 0.417 e. The number of nitrogens with zero attached hydrogens (tertiary/aromatic N) is 1. The molecular weight excluding hydrogens is 321 g/mol. The van der Waals surface area contributed by atoms with Gasteiger partial charge in [0.1, 0.15) is 0 Å². The molecule has 0 saturated heterocycles. The number of aromatic amines is 1. The lowest BCUT2D eigenvalue weighted by molar-refractivity contribution is -0.137. The van der Waals surface area contributed by atoms with Crippen molar-refractivity contribution in [3.8, 4) is 22.5 Å². The number of benzene rings is 2. The zero-order valence-corrected chi connectivity index (χ0v) is 12.6. The fourth-order valence-corrected chi connectivity index (χ4v) is 2.53. The van der Waals surface area contributed by atoms with E-state index >= 15 is 0 Å². The monoisotopic (exact) mass is 332 g/mol. The van der Waals surface area contributed by atoms with Crippen LogP contribution < -0.4 is 0 Å². The second-order valence-electron chi connectivity index (χ2n) is 4.89. The molecule has 0 aliphatic heterocycles. The van der Waals surface area contributed by atoms with Gasteiger partial charge in [-0.1, -0.05) is 48.5 Å². The van der Waals surface area contributed by atoms with Gasteiger partial charge in [-0.25, -0.2) is 4.98 Å². The number of hydrogen-bond acceptors (Lipinski definition) is 2. The van der Waals surface area contributed by atoms with E-state index in [-0.39, 0.29) is 16.0 Å². The van der Waals surface area contributed by atoms with Gasteiger partial charge in [-0.3, -0.25) is 0 Å². The molecule has 1 heterocycles. The molecular formula is C17H11F3N2S. The van der Waals surface area contributed by atoms with Crippen LogP contribution >= 0.6 is 12.2 Å². The minimum absolute atomic E-state index is 0.0469. The fraction of sp³-hybridized carbons (Fsp3) is 0.0588. The van der Waals surface area contributed by atoms with E-state index in [1.165, 1.54) is 12.1 Å². The highest BCUT2D eigenvalue weighted by atomic mass is 32.1. The van der Waals surface area contributed by atoms with Crippen molar-refractivity contribution in [1.82, 2.24) is 9.97 Å². The Kier molecular flexibility index (Phi) is 4.00. The molecule has 3 aromatic rings. The molecule has 1 N–H and O–H groups in total. The molecule has 0 bridgehead atoms. The number of aromatic nitrogens is 2. The Morgan fingerprint density at radius 1 is 0.913 bits per heavy atom. The van der Waals surface area contributed by atoms with E-state index in [0.29, 0.717) is 5.69 Å². The highest BCUT2D eigenvalue weighted by Gasteiger charge is 2.33. The highest BCUT2D eigenvalue weighted by Crippen LogP contribution is 2.36. The Morgan fingerprint density at radius 3 is 2.26 bits per heavy atom. The molecule has 0 saturated carbocycles. The maximum Gasteiger partial charge on any atom is 0.417 e. The zero-order chi connectivity index (χ0) is 16.4. The van der Waals surface area contributed by atoms with Crippen LogP contribution in [0.2, 0.25) is 0 Å². The SMILES string of the molecule is FC(F)(F)c1ccccc1-c1cc(-c2ccccc2)nc(=S)[nH]1. The van der Waals surface area contributed by atoms with Gasteiger partial charge in [0.2, 0.25) is 0 Å². The number of halogens is 3. The molecule has 0 spiro atoms. The van der Waals surface area contributed by atoms with Crippen LogP contribution in [0, 0.1) is 4.77 Å². The van der Waals surface area contributed by atoms with Crippen molar-refractivity contribution in [3.05, 3.63) is 71.0 Å². The summed E-state index contributed by atoms with van der Waals surface area (Å²) < 4.78 is 39.7. The van der Waals surface area contributed by atoms with Crippen LogP contribution in [0.4, 0.5) is 13.2 Å². The van der Waals surface area contributed by atoms with E-state index < -0.39 is 11.7 Å². The first-order valence-electron chi connectivity index (χ1n) is 6.78. The van der Waals surface area contributed by atoms with Gasteiger partial charge in [0.25, 0.3) is 0 Å². The summed E-state index contributed by atoms with van der Waals surface area (Å²) in [6.07, 6.45) is -4.44. The van der Waals surface area contributed by atoms with E-state index in [1.807, 2.05) is 30.3 Å². The van der Waals surface area contributed by atoms with Crippen LogP contribution in [-0.4, -0.2) is 9.97 Å². The molecule has 0 atom stereocenters. The van der Waals surface area contributed by atoms with E-state index in [4.69, 9.17) is 12.2 Å². The van der Waals surface area contributed by atoms with Crippen LogP contribution in [0.25, 0.3) is 22.5 Å². The molecule has 0 amide bonds. The summed E-state index contributed by atoms with van der Waals surface area (Å²) in [5, 5.41) is 0. The van der Waals surface area contributed by atoms with Crippen LogP contribution in [0.1, 0.15) is 5.56 Å². The molecule has 116 valence electrons. The molecule has 0 radical (unpaired) electrons. The third-order valence-electron chi connectivity index (χ3n) is 3.34. The standard InChI is InChI=1S/C17H11F3N2S/c18-17(19,20)13-9-5-4-8-12(13)15-10-14(21-16(23)22-15)11-6-2-1-3-7-11/h1-10H,(H,21,22,23). The summed E-state index contributed by atoms with van der Waals surface area (Å²) in [5.74, 6) is 0. The van der Waals surface area contributed by atoms with Crippen molar-refractivity contribution < 1.29 is 13.2 Å². The first-order chi connectivity index (χ1) is 10.9. The van der Waals surface area contributed by atoms with E-state index in [9.17, 15) is 13.2 Å². The zero-order valence-electron chi connectivity index (χ0n) is 11.8. The van der Waals surface area contributed by atoms with Crippen LogP contribution in [0.3, 0.4) is 0 Å². The van der Waals surface area contributed by atoms with Crippen molar-refractivity contribution in [1.29, 1.82) is 0 Å². The number of alkyl halides is 3. The van der Waals surface area contributed by atoms with Gasteiger partial charge >= 0.3 is 6.18 Å². The predicted molar refractivity (Wildman–Crippen MR) is 85.3 cm³/mol. The molecule has 3 rings (SSSR count). The van der Waals surface area contributed by atoms with Crippen LogP contribution in [-0.2, 0) is 6.18 Å². The predicted octanol–water partition coefficient (Wildman–Crippen LogP) is 5.49. The summed E-state index contributed by atoms with van der Waals surface area (Å²) in [6, 6.07) is 16.1. The van der Waals surface area contributed by atoms with Crippen molar-refractivity contribution in [2.75, 3.05) is 0 Å². The average Bonchev–Trinajstić information content (AvgIpc) is 2.54. The molecule has 0 fully saturated rings. The third-order valence-corrected chi connectivity index (χ3v) is 3.53. The molecule has 1 aromatic heterocycles. The van der Waals surface area contributed by atoms with Gasteiger partial charge in [0, 0.05) is 11.1 Å². The Morgan fingerprint density at radius 2 is 1.57 bits per heavy atom. The van der Waals surface area contributed by atoms with Gasteiger partial charge in [-0.2, -0.15) is 13.2 Å². The van der Waals surface area contributed by atoms with Crippen molar-refractivity contribution >= 4 is 12.2 Å². The van der Waals surface area contributed by atoms with Gasteiger partial charge in [0.05, 0.1) is 17.0 Å². The maximum absolute atomic E-state index is 13.2. The van der Waals surface area contributed by atoms with E-state index in [0.717, 1.165) is 11.6 Å². The van der Waals surface area contributed by atoms with E-state index in [2.05, 4.69) is 9.97 Å². The normalized spacial score (nSPS) is 11.4. The second-order valence-corrected chi connectivity index (χ2v) is 5.28. The second kappa shape index (κ2) is 5.96. The van der Waals surface area contributed by atoms with Gasteiger partial charge < -0.3 is 4.98 Å². The number of rotatable bonds is 2. The smallest absolute Gasteiger partial charge is 0.330 e. The topological polar surface area (TPSA) is 28.7 Å². The molecule has 0 unspecified atom stereocenters. The Labute approximate surface area is 135 Å². The molecule has 2 aromatic carbocycles. The van der Waals surface area contributed by atoms with Gasteiger partial charge in [0.15, 0.2) is 4.77 Å². The average molecular weight is 332 g/mol. The number of hydrogen-bond donors (Lipinski definition) is 1. The quantitative estimate of drug-likeness (QED) is 0.628. The number of nitrogens with one attached hydrogen (secondary N) is 1. The molecule has 0 aliphatic rings. The van der Waals surface area contributed by atoms with E-state index in [1.54, 1.807) is 12.1 Å². The minimum atomic E-state index is -4.44. The van der Waals surface area contributed by atoms with Crippen LogP contribution in [0.5, 0.6) is 0 Å². The lowest BCUT2D eigenvalue weighted by Crippen LogP contribution is -2.07. The summed E-state index contributed by atoms with van der Waals surface area (Å²) >= 11 is 5.08.